The van der Waals surface area contributed by atoms with Crippen LogP contribution in [-0.2, 0) is 9.84 Å². The smallest absolute Gasteiger partial charge is 0.191 e. The van der Waals surface area contributed by atoms with E-state index in [0.717, 1.165) is 6.07 Å². The Morgan fingerprint density at radius 3 is 2.36 bits per heavy atom. The van der Waals surface area contributed by atoms with E-state index >= 15 is 0 Å². The van der Waals surface area contributed by atoms with E-state index in [1.165, 1.54) is 37.4 Å². The van der Waals surface area contributed by atoms with E-state index in [1.807, 2.05) is 0 Å². The fourth-order valence-corrected chi connectivity index (χ4v) is 3.61. The predicted molar refractivity (Wildman–Crippen MR) is 104 cm³/mol. The summed E-state index contributed by atoms with van der Waals surface area (Å²) >= 11 is 0. The molecule has 0 fully saturated rings. The summed E-state index contributed by atoms with van der Waals surface area (Å²) in [5.74, 6) is -1.02. The van der Waals surface area contributed by atoms with Gasteiger partial charge in [-0.2, -0.15) is 0 Å². The molecule has 0 amide bonds. The Kier molecular flexibility index (Phi) is 7.74. The quantitative estimate of drug-likeness (QED) is 0.515. The highest BCUT2D eigenvalue weighted by molar-refractivity contribution is 7.91. The zero-order chi connectivity index (χ0) is 20.6. The SMILES string of the molecule is CN=C(NCCS(=O)(=O)c1ccccc1F)NCC(C)Oc1ccccc1F. The Hall–Kier alpha value is -2.68. The van der Waals surface area contributed by atoms with Crippen molar-refractivity contribution in [2.75, 3.05) is 25.9 Å². The number of sulfone groups is 1. The van der Waals surface area contributed by atoms with Crippen molar-refractivity contribution in [3.63, 3.8) is 0 Å². The van der Waals surface area contributed by atoms with Crippen molar-refractivity contribution in [2.24, 2.45) is 4.99 Å². The van der Waals surface area contributed by atoms with E-state index in [4.69, 9.17) is 4.74 Å². The fraction of sp³-hybridized carbons (Fsp3) is 0.316. The molecule has 1 unspecified atom stereocenters. The maximum Gasteiger partial charge on any atom is 0.191 e. The maximum absolute atomic E-state index is 13.7. The molecule has 0 aliphatic carbocycles. The standard InChI is InChI=1S/C19H23F2N3O3S/c1-14(27-17-9-5-3-7-15(17)20)13-24-19(22-2)23-11-12-28(25,26)18-10-6-4-8-16(18)21/h3-10,14H,11-13H2,1-2H3,(H2,22,23,24). The number of nitrogens with one attached hydrogen (secondary N) is 2. The molecule has 2 aromatic rings. The van der Waals surface area contributed by atoms with Crippen molar-refractivity contribution >= 4 is 15.8 Å². The number of rotatable bonds is 8. The topological polar surface area (TPSA) is 79.8 Å². The van der Waals surface area contributed by atoms with Gasteiger partial charge in [0.1, 0.15) is 16.8 Å². The second-order valence-electron chi connectivity index (χ2n) is 5.99. The number of para-hydroxylation sites is 1. The molecule has 0 aliphatic rings. The summed E-state index contributed by atoms with van der Waals surface area (Å²) in [6.45, 7) is 2.11. The van der Waals surface area contributed by atoms with Gasteiger partial charge in [0.05, 0.1) is 12.3 Å². The number of halogens is 2. The van der Waals surface area contributed by atoms with Gasteiger partial charge in [0.25, 0.3) is 0 Å². The molecule has 2 aromatic carbocycles. The molecular weight excluding hydrogens is 388 g/mol. The minimum Gasteiger partial charge on any atom is -0.486 e. The summed E-state index contributed by atoms with van der Waals surface area (Å²) < 4.78 is 57.2. The van der Waals surface area contributed by atoms with Gasteiger partial charge in [0.15, 0.2) is 27.4 Å². The molecule has 0 saturated heterocycles. The first kappa shape index (κ1) is 21.6. The van der Waals surface area contributed by atoms with Crippen LogP contribution in [0.3, 0.4) is 0 Å². The minimum absolute atomic E-state index is 0.0406. The zero-order valence-corrected chi connectivity index (χ0v) is 16.5. The zero-order valence-electron chi connectivity index (χ0n) is 15.7. The highest BCUT2D eigenvalue weighted by Gasteiger charge is 2.18. The number of ether oxygens (including phenoxy) is 1. The second-order valence-corrected chi connectivity index (χ2v) is 8.07. The predicted octanol–water partition coefficient (Wildman–Crippen LogP) is 2.37. The monoisotopic (exact) mass is 411 g/mol. The first-order chi connectivity index (χ1) is 13.3. The molecule has 6 nitrogen and oxygen atoms in total. The molecule has 28 heavy (non-hydrogen) atoms. The van der Waals surface area contributed by atoms with Crippen LogP contribution in [0.15, 0.2) is 58.4 Å². The third-order valence-electron chi connectivity index (χ3n) is 3.78. The van der Waals surface area contributed by atoms with Crippen molar-refractivity contribution in [1.82, 2.24) is 10.6 Å². The van der Waals surface area contributed by atoms with Crippen LogP contribution in [0.4, 0.5) is 8.78 Å². The van der Waals surface area contributed by atoms with Gasteiger partial charge in [-0.1, -0.05) is 24.3 Å². The van der Waals surface area contributed by atoms with Crippen LogP contribution in [0, 0.1) is 11.6 Å². The number of nitrogens with zero attached hydrogens (tertiary/aromatic N) is 1. The van der Waals surface area contributed by atoms with E-state index in [-0.39, 0.29) is 29.0 Å². The average Bonchev–Trinajstić information content (AvgIpc) is 2.66. The van der Waals surface area contributed by atoms with Gasteiger partial charge in [-0.15, -0.1) is 0 Å². The molecular formula is C19H23F2N3O3S. The molecule has 2 N–H and O–H groups in total. The lowest BCUT2D eigenvalue weighted by Gasteiger charge is -2.18. The van der Waals surface area contributed by atoms with Crippen LogP contribution in [-0.4, -0.2) is 46.4 Å². The van der Waals surface area contributed by atoms with E-state index in [2.05, 4.69) is 15.6 Å². The van der Waals surface area contributed by atoms with Gasteiger partial charge in [-0.3, -0.25) is 4.99 Å². The summed E-state index contributed by atoms with van der Waals surface area (Å²) in [5, 5.41) is 5.82. The number of guanidine groups is 1. The lowest BCUT2D eigenvalue weighted by Crippen LogP contribution is -2.43. The van der Waals surface area contributed by atoms with Crippen molar-refractivity contribution in [2.45, 2.75) is 17.9 Å². The molecule has 9 heteroatoms. The second kappa shape index (κ2) is 10.0. The lowest BCUT2D eigenvalue weighted by molar-refractivity contribution is 0.214. The third kappa shape index (κ3) is 6.19. The van der Waals surface area contributed by atoms with Gasteiger partial charge in [-0.05, 0) is 31.2 Å². The van der Waals surface area contributed by atoms with Crippen LogP contribution in [0.5, 0.6) is 5.75 Å². The maximum atomic E-state index is 13.7. The van der Waals surface area contributed by atoms with Crippen molar-refractivity contribution in [1.29, 1.82) is 0 Å². The third-order valence-corrected chi connectivity index (χ3v) is 5.52. The molecule has 0 saturated carbocycles. The molecule has 1 atom stereocenters. The van der Waals surface area contributed by atoms with Gasteiger partial charge in [-0.25, -0.2) is 17.2 Å². The molecule has 2 rings (SSSR count). The average molecular weight is 411 g/mol. The number of hydrogen-bond acceptors (Lipinski definition) is 4. The van der Waals surface area contributed by atoms with E-state index in [0.29, 0.717) is 12.5 Å². The van der Waals surface area contributed by atoms with Gasteiger partial charge in [0.2, 0.25) is 0 Å². The van der Waals surface area contributed by atoms with Crippen LogP contribution in [0.2, 0.25) is 0 Å². The Bertz CT molecular complexity index is 920. The first-order valence-corrected chi connectivity index (χ1v) is 10.3. The Morgan fingerprint density at radius 2 is 1.71 bits per heavy atom. The molecule has 0 heterocycles. The number of benzene rings is 2. The van der Waals surface area contributed by atoms with E-state index < -0.39 is 21.5 Å². The van der Waals surface area contributed by atoms with Gasteiger partial charge < -0.3 is 15.4 Å². The Balaban J connectivity index is 1.81. The number of aliphatic imine (C=N–C) groups is 1. The lowest BCUT2D eigenvalue weighted by atomic mass is 10.3. The highest BCUT2D eigenvalue weighted by atomic mass is 32.2. The molecule has 0 aliphatic heterocycles. The van der Waals surface area contributed by atoms with Crippen LogP contribution < -0.4 is 15.4 Å². The summed E-state index contributed by atoms with van der Waals surface area (Å²) in [4.78, 5) is 3.66. The summed E-state index contributed by atoms with van der Waals surface area (Å²) in [6.07, 6.45) is -0.363. The molecule has 0 bridgehead atoms. The summed E-state index contributed by atoms with van der Waals surface area (Å²) in [7, 11) is -2.23. The highest BCUT2D eigenvalue weighted by Crippen LogP contribution is 2.17. The van der Waals surface area contributed by atoms with Crippen molar-refractivity contribution in [3.05, 3.63) is 60.2 Å². The first-order valence-electron chi connectivity index (χ1n) is 8.66. The Morgan fingerprint density at radius 1 is 1.07 bits per heavy atom. The van der Waals surface area contributed by atoms with Crippen LogP contribution >= 0.6 is 0 Å². The van der Waals surface area contributed by atoms with Gasteiger partial charge in [0, 0.05) is 13.6 Å². The van der Waals surface area contributed by atoms with E-state index in [1.54, 1.807) is 19.1 Å². The van der Waals surface area contributed by atoms with Crippen LogP contribution in [0.25, 0.3) is 0 Å². The van der Waals surface area contributed by atoms with Gasteiger partial charge >= 0.3 is 0 Å². The molecule has 0 aromatic heterocycles. The largest absolute Gasteiger partial charge is 0.486 e. The molecule has 0 spiro atoms. The summed E-state index contributed by atoms with van der Waals surface area (Å²) in [5.41, 5.74) is 0. The van der Waals surface area contributed by atoms with E-state index in [9.17, 15) is 17.2 Å². The number of hydrogen-bond donors (Lipinski definition) is 2. The normalized spacial score (nSPS) is 13.1. The summed E-state index contributed by atoms with van der Waals surface area (Å²) in [6, 6.07) is 11.3. The minimum atomic E-state index is -3.76. The van der Waals surface area contributed by atoms with Crippen LogP contribution in [0.1, 0.15) is 6.92 Å². The fourth-order valence-electron chi connectivity index (χ4n) is 2.37. The van der Waals surface area contributed by atoms with Crippen molar-refractivity contribution < 1.29 is 21.9 Å². The molecule has 152 valence electrons. The molecule has 0 radical (unpaired) electrons. The van der Waals surface area contributed by atoms with Crippen molar-refractivity contribution in [3.8, 4) is 5.75 Å². The Labute approximate surface area is 163 Å².